The van der Waals surface area contributed by atoms with Gasteiger partial charge in [-0.1, -0.05) is 0 Å². The molecule has 5 heteroatoms. The molecule has 2 rings (SSSR count). The van der Waals surface area contributed by atoms with E-state index >= 15 is 0 Å². The Morgan fingerprint density at radius 1 is 1.44 bits per heavy atom. The summed E-state index contributed by atoms with van der Waals surface area (Å²) in [6.07, 6.45) is 4.22. The Bertz CT molecular complexity index is 430. The second kappa shape index (κ2) is 6.11. The van der Waals surface area contributed by atoms with Gasteiger partial charge in [0, 0.05) is 16.6 Å². The predicted octanol–water partition coefficient (Wildman–Crippen LogP) is 1.67. The van der Waals surface area contributed by atoms with Crippen LogP contribution in [0, 0.1) is 0 Å². The zero-order chi connectivity index (χ0) is 13.0. The van der Waals surface area contributed by atoms with Gasteiger partial charge in [-0.2, -0.15) is 0 Å². The first kappa shape index (κ1) is 13.2. The number of carbonyl (C=O) groups is 1. The summed E-state index contributed by atoms with van der Waals surface area (Å²) < 4.78 is 0. The Hall–Kier alpha value is -1.20. The SMILES string of the molecule is CSc1cc(NC2CCNCC2)ccc1C(N)=O. The summed E-state index contributed by atoms with van der Waals surface area (Å²) in [5.41, 5.74) is 7.01. The van der Waals surface area contributed by atoms with Gasteiger partial charge >= 0.3 is 0 Å². The molecule has 4 N–H and O–H groups in total. The Morgan fingerprint density at radius 3 is 2.78 bits per heavy atom. The zero-order valence-corrected chi connectivity index (χ0v) is 11.3. The van der Waals surface area contributed by atoms with Gasteiger partial charge in [-0.3, -0.25) is 4.79 Å². The molecule has 4 nitrogen and oxygen atoms in total. The fraction of sp³-hybridized carbons (Fsp3) is 0.462. The van der Waals surface area contributed by atoms with Crippen molar-refractivity contribution in [1.29, 1.82) is 0 Å². The number of anilines is 1. The highest BCUT2D eigenvalue weighted by Gasteiger charge is 2.14. The van der Waals surface area contributed by atoms with Crippen LogP contribution in [0.1, 0.15) is 23.2 Å². The third-order valence-corrected chi connectivity index (χ3v) is 3.95. The smallest absolute Gasteiger partial charge is 0.249 e. The second-order valence-corrected chi connectivity index (χ2v) is 5.30. The summed E-state index contributed by atoms with van der Waals surface area (Å²) in [6.45, 7) is 2.12. The van der Waals surface area contributed by atoms with E-state index in [0.717, 1.165) is 36.5 Å². The van der Waals surface area contributed by atoms with Crippen LogP contribution in [0.3, 0.4) is 0 Å². The van der Waals surface area contributed by atoms with Gasteiger partial charge in [-0.05, 0) is 50.4 Å². The van der Waals surface area contributed by atoms with Crippen LogP contribution in [-0.4, -0.2) is 31.3 Å². The van der Waals surface area contributed by atoms with Crippen molar-refractivity contribution in [1.82, 2.24) is 5.32 Å². The molecule has 1 aliphatic heterocycles. The van der Waals surface area contributed by atoms with Crippen LogP contribution in [0.4, 0.5) is 5.69 Å². The van der Waals surface area contributed by atoms with Crippen molar-refractivity contribution in [2.75, 3.05) is 24.7 Å². The maximum atomic E-state index is 11.3. The Morgan fingerprint density at radius 2 is 2.17 bits per heavy atom. The van der Waals surface area contributed by atoms with Crippen molar-refractivity contribution in [2.24, 2.45) is 5.73 Å². The maximum Gasteiger partial charge on any atom is 0.249 e. The van der Waals surface area contributed by atoms with E-state index < -0.39 is 0 Å². The van der Waals surface area contributed by atoms with E-state index in [1.54, 1.807) is 17.8 Å². The predicted molar refractivity (Wildman–Crippen MR) is 76.3 cm³/mol. The van der Waals surface area contributed by atoms with Gasteiger partial charge in [-0.15, -0.1) is 11.8 Å². The molecule has 1 amide bonds. The molecule has 1 heterocycles. The number of primary amides is 1. The van der Waals surface area contributed by atoms with E-state index in [1.165, 1.54) is 0 Å². The average molecular weight is 265 g/mol. The molecule has 0 radical (unpaired) electrons. The molecule has 0 spiro atoms. The molecule has 0 unspecified atom stereocenters. The summed E-state index contributed by atoms with van der Waals surface area (Å²) >= 11 is 1.55. The number of benzene rings is 1. The van der Waals surface area contributed by atoms with Gasteiger partial charge in [0.25, 0.3) is 0 Å². The highest BCUT2D eigenvalue weighted by molar-refractivity contribution is 7.98. The lowest BCUT2D eigenvalue weighted by Crippen LogP contribution is -2.35. The lowest BCUT2D eigenvalue weighted by molar-refractivity contribution is 0.0997. The molecule has 1 saturated heterocycles. The number of nitrogens with one attached hydrogen (secondary N) is 2. The van der Waals surface area contributed by atoms with E-state index in [0.29, 0.717) is 11.6 Å². The molecule has 0 bridgehead atoms. The first-order chi connectivity index (χ1) is 8.70. The number of thioether (sulfide) groups is 1. The molecular formula is C13H19N3OS. The minimum atomic E-state index is -0.368. The monoisotopic (exact) mass is 265 g/mol. The molecule has 18 heavy (non-hydrogen) atoms. The van der Waals surface area contributed by atoms with Crippen molar-refractivity contribution in [2.45, 2.75) is 23.8 Å². The van der Waals surface area contributed by atoms with Crippen LogP contribution in [-0.2, 0) is 0 Å². The lowest BCUT2D eigenvalue weighted by Gasteiger charge is -2.25. The first-order valence-electron chi connectivity index (χ1n) is 6.16. The Kier molecular flexibility index (Phi) is 4.49. The molecule has 0 saturated carbocycles. The van der Waals surface area contributed by atoms with E-state index in [2.05, 4.69) is 10.6 Å². The number of rotatable bonds is 4. The zero-order valence-electron chi connectivity index (χ0n) is 10.5. The third kappa shape index (κ3) is 3.17. The largest absolute Gasteiger partial charge is 0.382 e. The number of nitrogens with two attached hydrogens (primary N) is 1. The molecule has 1 aliphatic rings. The van der Waals surface area contributed by atoms with Crippen molar-refractivity contribution in [3.63, 3.8) is 0 Å². The normalized spacial score (nSPS) is 16.5. The van der Waals surface area contributed by atoms with Crippen LogP contribution >= 0.6 is 11.8 Å². The third-order valence-electron chi connectivity index (χ3n) is 3.18. The summed E-state index contributed by atoms with van der Waals surface area (Å²) in [5.74, 6) is -0.368. The van der Waals surface area contributed by atoms with Gasteiger partial charge < -0.3 is 16.4 Å². The highest BCUT2D eigenvalue weighted by atomic mass is 32.2. The van der Waals surface area contributed by atoms with Gasteiger partial charge in [0.1, 0.15) is 0 Å². The molecule has 0 aromatic heterocycles. The number of piperidine rings is 1. The molecular weight excluding hydrogens is 246 g/mol. The lowest BCUT2D eigenvalue weighted by atomic mass is 10.1. The highest BCUT2D eigenvalue weighted by Crippen LogP contribution is 2.25. The van der Waals surface area contributed by atoms with Gasteiger partial charge in [-0.25, -0.2) is 0 Å². The first-order valence-corrected chi connectivity index (χ1v) is 7.38. The fourth-order valence-electron chi connectivity index (χ4n) is 2.19. The van der Waals surface area contributed by atoms with E-state index in [9.17, 15) is 4.79 Å². The van der Waals surface area contributed by atoms with E-state index in [1.807, 2.05) is 18.4 Å². The van der Waals surface area contributed by atoms with Gasteiger partial charge in [0.15, 0.2) is 0 Å². The van der Waals surface area contributed by atoms with Crippen LogP contribution in [0.2, 0.25) is 0 Å². The molecule has 1 aromatic rings. The number of hydrogen-bond donors (Lipinski definition) is 3. The fourth-order valence-corrected chi connectivity index (χ4v) is 2.82. The quantitative estimate of drug-likeness (QED) is 0.725. The maximum absolute atomic E-state index is 11.3. The standard InChI is InChI=1S/C13H19N3OS/c1-18-12-8-10(2-3-11(12)13(14)17)16-9-4-6-15-7-5-9/h2-3,8-9,15-16H,4-7H2,1H3,(H2,14,17). The molecule has 0 aliphatic carbocycles. The summed E-state index contributed by atoms with van der Waals surface area (Å²) in [7, 11) is 0. The van der Waals surface area contributed by atoms with Gasteiger partial charge in [0.2, 0.25) is 5.91 Å². The second-order valence-electron chi connectivity index (χ2n) is 4.45. The Labute approximate surface area is 112 Å². The minimum Gasteiger partial charge on any atom is -0.382 e. The van der Waals surface area contributed by atoms with Gasteiger partial charge in [0.05, 0.1) is 5.56 Å². The molecule has 0 atom stereocenters. The van der Waals surface area contributed by atoms with Crippen molar-refractivity contribution in [3.8, 4) is 0 Å². The summed E-state index contributed by atoms with van der Waals surface area (Å²) in [5, 5.41) is 6.86. The van der Waals surface area contributed by atoms with E-state index in [-0.39, 0.29) is 5.91 Å². The Balaban J connectivity index is 2.11. The summed E-state index contributed by atoms with van der Waals surface area (Å²) in [6, 6.07) is 6.26. The molecule has 1 aromatic carbocycles. The molecule has 98 valence electrons. The van der Waals surface area contributed by atoms with Crippen LogP contribution in [0.25, 0.3) is 0 Å². The van der Waals surface area contributed by atoms with E-state index in [4.69, 9.17) is 5.73 Å². The molecule has 1 fully saturated rings. The number of hydrogen-bond acceptors (Lipinski definition) is 4. The minimum absolute atomic E-state index is 0.368. The van der Waals surface area contributed by atoms with Crippen molar-refractivity contribution in [3.05, 3.63) is 23.8 Å². The number of amides is 1. The summed E-state index contributed by atoms with van der Waals surface area (Å²) in [4.78, 5) is 12.2. The van der Waals surface area contributed by atoms with Crippen LogP contribution < -0.4 is 16.4 Å². The number of carbonyl (C=O) groups excluding carboxylic acids is 1. The topological polar surface area (TPSA) is 67.2 Å². The van der Waals surface area contributed by atoms with Crippen LogP contribution in [0.15, 0.2) is 23.1 Å². The van der Waals surface area contributed by atoms with Crippen molar-refractivity contribution < 1.29 is 4.79 Å². The van der Waals surface area contributed by atoms with Crippen LogP contribution in [0.5, 0.6) is 0 Å². The average Bonchev–Trinajstić information content (AvgIpc) is 2.39. The van der Waals surface area contributed by atoms with Crippen molar-refractivity contribution >= 4 is 23.4 Å².